The van der Waals surface area contributed by atoms with Crippen LogP contribution in [0, 0.1) is 0 Å². The Morgan fingerprint density at radius 1 is 1.26 bits per heavy atom. The number of halogens is 1. The number of hydroxylamine groups is 1. The first-order chi connectivity index (χ1) is 18.9. The Bertz CT molecular complexity index is 1380. The van der Waals surface area contributed by atoms with Gasteiger partial charge in [0.1, 0.15) is 11.7 Å². The molecule has 39 heavy (non-hydrogen) atoms. The van der Waals surface area contributed by atoms with Gasteiger partial charge < -0.3 is 10.1 Å². The molecule has 3 heterocycles. The van der Waals surface area contributed by atoms with Gasteiger partial charge in [0, 0.05) is 46.6 Å². The van der Waals surface area contributed by atoms with Crippen molar-refractivity contribution in [2.45, 2.75) is 45.5 Å². The molecule has 0 aliphatic carbocycles. The molecule has 0 spiro atoms. The quantitative estimate of drug-likeness (QED) is 0.512. The molecule has 1 amide bonds. The normalized spacial score (nSPS) is 22.1. The second-order valence-corrected chi connectivity index (χ2v) is 9.99. The number of amides is 1. The topological polar surface area (TPSA) is 87.6 Å². The third-order valence-corrected chi connectivity index (χ3v) is 7.10. The Kier molecular flexibility index (Phi) is 8.26. The molecule has 2 aromatic rings. The van der Waals surface area contributed by atoms with Gasteiger partial charge in [0.25, 0.3) is 5.91 Å². The predicted molar refractivity (Wildman–Crippen MR) is 154 cm³/mol. The van der Waals surface area contributed by atoms with Crippen LogP contribution in [-0.4, -0.2) is 48.0 Å². The Labute approximate surface area is 233 Å². The number of aliphatic imine (C=N–C) groups is 2. The number of amidine groups is 2. The first kappa shape index (κ1) is 26.9. The fourth-order valence-corrected chi connectivity index (χ4v) is 5.03. The van der Waals surface area contributed by atoms with Crippen LogP contribution in [0.25, 0.3) is 5.57 Å². The first-order valence-electron chi connectivity index (χ1n) is 13.1. The summed E-state index contributed by atoms with van der Waals surface area (Å²) in [4.78, 5) is 30.3. The van der Waals surface area contributed by atoms with Gasteiger partial charge in [-0.05, 0) is 44.4 Å². The van der Waals surface area contributed by atoms with Crippen molar-refractivity contribution in [3.63, 3.8) is 0 Å². The number of nitrogens with zero attached hydrogens (tertiary/aromatic N) is 3. The van der Waals surface area contributed by atoms with Gasteiger partial charge >= 0.3 is 0 Å². The second-order valence-electron chi connectivity index (χ2n) is 9.58. The van der Waals surface area contributed by atoms with Crippen LogP contribution in [0.2, 0.25) is 5.02 Å². The van der Waals surface area contributed by atoms with Gasteiger partial charge in [0.05, 0.1) is 6.54 Å². The van der Waals surface area contributed by atoms with Crippen molar-refractivity contribution in [3.05, 3.63) is 100 Å². The van der Waals surface area contributed by atoms with Crippen molar-refractivity contribution < 1.29 is 14.4 Å². The van der Waals surface area contributed by atoms with E-state index >= 15 is 0 Å². The average Bonchev–Trinajstić information content (AvgIpc) is 3.38. The van der Waals surface area contributed by atoms with E-state index in [2.05, 4.69) is 22.4 Å². The molecule has 202 valence electrons. The van der Waals surface area contributed by atoms with Crippen LogP contribution in [0.1, 0.15) is 43.4 Å². The predicted octanol–water partition coefficient (Wildman–Crippen LogP) is 4.98. The van der Waals surface area contributed by atoms with Gasteiger partial charge in [0.2, 0.25) is 0 Å². The van der Waals surface area contributed by atoms with Crippen LogP contribution in [0.5, 0.6) is 0 Å². The molecule has 2 N–H and O–H groups in total. The summed E-state index contributed by atoms with van der Waals surface area (Å²) in [7, 11) is 0. The van der Waals surface area contributed by atoms with Crippen LogP contribution < -0.4 is 10.8 Å². The van der Waals surface area contributed by atoms with Crippen molar-refractivity contribution >= 4 is 34.8 Å². The van der Waals surface area contributed by atoms with E-state index < -0.39 is 0 Å². The lowest BCUT2D eigenvalue weighted by Gasteiger charge is -2.31. The molecule has 1 unspecified atom stereocenters. The highest BCUT2D eigenvalue weighted by Gasteiger charge is 2.32. The van der Waals surface area contributed by atoms with Crippen molar-refractivity contribution in [3.8, 4) is 0 Å². The first-order valence-corrected chi connectivity index (χ1v) is 13.5. The number of hydrogen-bond donors (Lipinski definition) is 2. The minimum atomic E-state index is -0.279. The fraction of sp³-hybridized carbons (Fsp3) is 0.300. The summed E-state index contributed by atoms with van der Waals surface area (Å²) in [6.45, 7) is 9.69. The monoisotopic (exact) mass is 545 g/mol. The molecule has 9 heteroatoms. The molecular weight excluding hydrogens is 514 g/mol. The maximum atomic E-state index is 14.1. The highest BCUT2D eigenvalue weighted by atomic mass is 35.5. The minimum Gasteiger partial charge on any atom is -0.381 e. The Balaban J connectivity index is 1.50. The summed E-state index contributed by atoms with van der Waals surface area (Å²) in [6.07, 6.45) is 5.29. The van der Waals surface area contributed by atoms with Crippen molar-refractivity contribution in [2.24, 2.45) is 9.98 Å². The summed E-state index contributed by atoms with van der Waals surface area (Å²) < 4.78 is 5.47. The van der Waals surface area contributed by atoms with Crippen LogP contribution >= 0.6 is 11.6 Å². The molecule has 1 saturated heterocycles. The number of carbonyl (C=O) groups excluding carboxylic acids is 1. The molecule has 0 radical (unpaired) electrons. The van der Waals surface area contributed by atoms with Crippen molar-refractivity contribution in [1.82, 2.24) is 15.7 Å². The molecule has 0 aromatic heterocycles. The van der Waals surface area contributed by atoms with Gasteiger partial charge in [-0.3, -0.25) is 9.69 Å². The zero-order valence-corrected chi connectivity index (χ0v) is 22.9. The zero-order valence-electron chi connectivity index (χ0n) is 22.1. The van der Waals surface area contributed by atoms with Gasteiger partial charge in [-0.1, -0.05) is 66.7 Å². The van der Waals surface area contributed by atoms with E-state index in [9.17, 15) is 4.79 Å². The lowest BCUT2D eigenvalue weighted by Crippen LogP contribution is -2.41. The van der Waals surface area contributed by atoms with Crippen LogP contribution in [0.4, 0.5) is 0 Å². The number of benzene rings is 2. The summed E-state index contributed by atoms with van der Waals surface area (Å²) in [5, 5.41) is 3.84. The second kappa shape index (κ2) is 12.0. The van der Waals surface area contributed by atoms with Crippen molar-refractivity contribution in [2.75, 3.05) is 13.2 Å². The molecule has 3 aliphatic rings. The largest absolute Gasteiger partial charge is 0.381 e. The SMILES string of the molecule is C=C(/N=C1\C(=C/C)C=C(c2ccc(C3=NC(C)ON3)cc2Cl)C(=O)N1Cc1ccccc1)NC1CCOCC1. The molecule has 1 fully saturated rings. The van der Waals surface area contributed by atoms with E-state index in [-0.39, 0.29) is 18.2 Å². The van der Waals surface area contributed by atoms with Gasteiger partial charge in [-0.2, -0.15) is 0 Å². The Morgan fingerprint density at radius 3 is 2.69 bits per heavy atom. The van der Waals surface area contributed by atoms with E-state index in [1.165, 1.54) is 0 Å². The van der Waals surface area contributed by atoms with E-state index in [4.69, 9.17) is 26.2 Å². The van der Waals surface area contributed by atoms with Gasteiger partial charge in [-0.15, -0.1) is 0 Å². The summed E-state index contributed by atoms with van der Waals surface area (Å²) in [6, 6.07) is 15.6. The number of ether oxygens (including phenoxy) is 1. The van der Waals surface area contributed by atoms with Crippen LogP contribution in [-0.2, 0) is 20.9 Å². The van der Waals surface area contributed by atoms with E-state index in [0.29, 0.717) is 53.4 Å². The molecule has 8 nitrogen and oxygen atoms in total. The third-order valence-electron chi connectivity index (χ3n) is 6.79. The summed E-state index contributed by atoms with van der Waals surface area (Å²) >= 11 is 6.75. The van der Waals surface area contributed by atoms with E-state index in [1.807, 2.05) is 68.5 Å². The minimum absolute atomic E-state index is 0.190. The average molecular weight is 546 g/mol. The summed E-state index contributed by atoms with van der Waals surface area (Å²) in [5.74, 6) is 1.47. The van der Waals surface area contributed by atoms with Gasteiger partial charge in [-0.25, -0.2) is 20.3 Å². The number of allylic oxidation sites excluding steroid dienone is 1. The number of hydrogen-bond acceptors (Lipinski definition) is 7. The van der Waals surface area contributed by atoms with Crippen molar-refractivity contribution in [1.29, 1.82) is 0 Å². The lowest BCUT2D eigenvalue weighted by molar-refractivity contribution is -0.122. The molecule has 0 saturated carbocycles. The standard InChI is InChI=1S/C30H32ClN5O3/c1-4-22-16-26(25-11-10-23(17-27(25)31)28-34-20(3)39-35-28)30(37)36(18-21-8-6-5-7-9-21)29(22)33-19(2)32-24-12-14-38-15-13-24/h4-11,16-17,20,24,32H,2,12-15,18H2,1,3H3,(H,34,35)/b22-4-,33-29+. The Hall–Kier alpha value is -3.72. The highest BCUT2D eigenvalue weighted by molar-refractivity contribution is 6.37. The molecular formula is C30H32ClN5O3. The molecule has 2 aromatic carbocycles. The van der Waals surface area contributed by atoms with Crippen LogP contribution in [0.3, 0.4) is 0 Å². The number of carbonyl (C=O) groups is 1. The molecule has 1 atom stereocenters. The lowest BCUT2D eigenvalue weighted by atomic mass is 9.95. The maximum Gasteiger partial charge on any atom is 0.260 e. The van der Waals surface area contributed by atoms with Crippen LogP contribution in [0.15, 0.2) is 88.6 Å². The number of rotatable bonds is 7. The summed E-state index contributed by atoms with van der Waals surface area (Å²) in [5.41, 5.74) is 6.51. The van der Waals surface area contributed by atoms with E-state index in [0.717, 1.165) is 29.5 Å². The third kappa shape index (κ3) is 6.14. The highest BCUT2D eigenvalue weighted by Crippen LogP contribution is 2.33. The molecule has 3 aliphatic heterocycles. The molecule has 5 rings (SSSR count). The Morgan fingerprint density at radius 2 is 2.03 bits per heavy atom. The maximum absolute atomic E-state index is 14.1. The van der Waals surface area contributed by atoms with Gasteiger partial charge in [0.15, 0.2) is 12.1 Å². The fourth-order valence-electron chi connectivity index (χ4n) is 4.75. The number of nitrogens with one attached hydrogen (secondary N) is 2. The zero-order chi connectivity index (χ0) is 27.4. The van der Waals surface area contributed by atoms with E-state index in [1.54, 1.807) is 11.0 Å². The smallest absolute Gasteiger partial charge is 0.260 e. The molecule has 0 bridgehead atoms.